The molecule has 1 aromatic heterocycles. The molecule has 0 bridgehead atoms. The zero-order valence-corrected chi connectivity index (χ0v) is 13.0. The standard InChI is InChI=1S/C18H18N2O3/c1-12(21)17-19-15-9-5-8-14(16(15)18(22)20-17)11-23-10-13-6-3-2-4-7-13/h2-4,6-7,9H,5,8,10-11H2,1H3,(H,19,20,22). The Bertz CT molecular complexity index is 898. The monoisotopic (exact) mass is 310 g/mol. The van der Waals surface area contributed by atoms with E-state index in [2.05, 4.69) is 9.97 Å². The van der Waals surface area contributed by atoms with Gasteiger partial charge in [0, 0.05) is 6.92 Å². The summed E-state index contributed by atoms with van der Waals surface area (Å²) < 4.78 is 5.75. The van der Waals surface area contributed by atoms with Gasteiger partial charge in [-0.05, 0) is 24.0 Å². The van der Waals surface area contributed by atoms with Crippen LogP contribution in [0.2, 0.25) is 0 Å². The molecule has 0 aliphatic heterocycles. The second-order valence-corrected chi connectivity index (χ2v) is 5.56. The number of ketones is 1. The van der Waals surface area contributed by atoms with Crippen LogP contribution in [0.3, 0.4) is 0 Å². The number of hydrogen-bond acceptors (Lipinski definition) is 4. The highest BCUT2D eigenvalue weighted by Gasteiger charge is 2.12. The van der Waals surface area contributed by atoms with Crippen molar-refractivity contribution >= 4 is 17.4 Å². The minimum Gasteiger partial charge on any atom is -0.372 e. The zero-order chi connectivity index (χ0) is 16.2. The first-order valence-corrected chi connectivity index (χ1v) is 7.60. The summed E-state index contributed by atoms with van der Waals surface area (Å²) in [5, 5.41) is 1.14. The summed E-state index contributed by atoms with van der Waals surface area (Å²) in [5.74, 6) is -0.137. The van der Waals surface area contributed by atoms with Crippen molar-refractivity contribution in [3.05, 3.63) is 62.6 Å². The number of fused-ring (bicyclic) bond motifs is 1. The van der Waals surface area contributed by atoms with E-state index >= 15 is 0 Å². The van der Waals surface area contributed by atoms with Crippen LogP contribution in [0, 0.1) is 0 Å². The van der Waals surface area contributed by atoms with Gasteiger partial charge in [-0.3, -0.25) is 9.59 Å². The molecule has 0 radical (unpaired) electrons. The van der Waals surface area contributed by atoms with Crippen LogP contribution >= 0.6 is 0 Å². The number of benzene rings is 1. The molecule has 1 aliphatic carbocycles. The molecule has 0 spiro atoms. The maximum atomic E-state index is 12.3. The number of carbonyl (C=O) groups is 1. The van der Waals surface area contributed by atoms with Gasteiger partial charge < -0.3 is 9.72 Å². The lowest BCUT2D eigenvalue weighted by Gasteiger charge is -2.11. The van der Waals surface area contributed by atoms with Gasteiger partial charge in [-0.2, -0.15) is 0 Å². The fourth-order valence-electron chi connectivity index (χ4n) is 2.67. The van der Waals surface area contributed by atoms with Crippen molar-refractivity contribution in [2.45, 2.75) is 26.4 Å². The van der Waals surface area contributed by atoms with Crippen molar-refractivity contribution in [1.82, 2.24) is 9.97 Å². The van der Waals surface area contributed by atoms with Crippen LogP contribution in [0.15, 0.2) is 35.1 Å². The van der Waals surface area contributed by atoms with Gasteiger partial charge in [-0.15, -0.1) is 0 Å². The molecule has 5 heteroatoms. The Morgan fingerprint density at radius 2 is 2.04 bits per heavy atom. The Morgan fingerprint density at radius 3 is 2.78 bits per heavy atom. The van der Waals surface area contributed by atoms with E-state index in [-0.39, 0.29) is 17.2 Å². The van der Waals surface area contributed by atoms with E-state index in [4.69, 9.17) is 4.74 Å². The normalized spacial score (nSPS) is 13.3. The van der Waals surface area contributed by atoms with Gasteiger partial charge in [-0.25, -0.2) is 4.98 Å². The van der Waals surface area contributed by atoms with Gasteiger partial charge in [0.15, 0.2) is 11.6 Å². The van der Waals surface area contributed by atoms with E-state index in [0.29, 0.717) is 23.8 Å². The first-order valence-electron chi connectivity index (χ1n) is 7.60. The van der Waals surface area contributed by atoms with Gasteiger partial charge in [0.25, 0.3) is 5.56 Å². The molecule has 3 rings (SSSR count). The van der Waals surface area contributed by atoms with Gasteiger partial charge in [-0.1, -0.05) is 36.4 Å². The first kappa shape index (κ1) is 15.4. The minimum atomic E-state index is -0.269. The summed E-state index contributed by atoms with van der Waals surface area (Å²) in [4.78, 5) is 30.5. The number of Topliss-reactive ketones (excluding diaryl/α,β-unsaturated/α-hetero) is 1. The predicted octanol–water partition coefficient (Wildman–Crippen LogP) is 0.914. The highest BCUT2D eigenvalue weighted by atomic mass is 16.5. The Hall–Kier alpha value is -2.53. The predicted molar refractivity (Wildman–Crippen MR) is 87.3 cm³/mol. The van der Waals surface area contributed by atoms with Crippen molar-refractivity contribution in [2.75, 3.05) is 6.61 Å². The van der Waals surface area contributed by atoms with Crippen LogP contribution < -0.4 is 16.1 Å². The summed E-state index contributed by atoms with van der Waals surface area (Å²) in [6.45, 7) is 2.28. The number of H-pyrrole nitrogens is 1. The van der Waals surface area contributed by atoms with E-state index in [1.54, 1.807) is 0 Å². The lowest BCUT2D eigenvalue weighted by atomic mass is 10.0. The Labute approximate surface area is 133 Å². The van der Waals surface area contributed by atoms with Gasteiger partial charge in [0.1, 0.15) is 0 Å². The molecular formula is C18H18N2O3. The molecule has 1 N–H and O–H groups in total. The third-order valence-corrected chi connectivity index (χ3v) is 3.81. The number of nitrogens with one attached hydrogen (secondary N) is 1. The van der Waals surface area contributed by atoms with Crippen molar-refractivity contribution < 1.29 is 9.53 Å². The maximum absolute atomic E-state index is 12.3. The summed E-state index contributed by atoms with van der Waals surface area (Å²) in [7, 11) is 0. The average molecular weight is 310 g/mol. The fraction of sp³-hybridized carbons (Fsp3) is 0.278. The first-order chi connectivity index (χ1) is 11.1. The molecule has 0 amide bonds. The summed E-state index contributed by atoms with van der Waals surface area (Å²) >= 11 is 0. The van der Waals surface area contributed by atoms with Crippen LogP contribution in [0.1, 0.15) is 35.9 Å². The van der Waals surface area contributed by atoms with E-state index < -0.39 is 0 Å². The molecule has 0 unspecified atom stereocenters. The average Bonchev–Trinajstić information content (AvgIpc) is 2.55. The molecule has 1 aliphatic rings. The van der Waals surface area contributed by atoms with Gasteiger partial charge in [0.2, 0.25) is 0 Å². The fourth-order valence-corrected chi connectivity index (χ4v) is 2.67. The number of nitrogens with zero attached hydrogens (tertiary/aromatic N) is 1. The van der Waals surface area contributed by atoms with Crippen LogP contribution in [-0.4, -0.2) is 22.4 Å². The van der Waals surface area contributed by atoms with Crippen LogP contribution in [-0.2, 0) is 11.3 Å². The second-order valence-electron chi connectivity index (χ2n) is 5.56. The summed E-state index contributed by atoms with van der Waals surface area (Å²) in [5.41, 5.74) is 1.76. The SMILES string of the molecule is CC(=O)c1nc2c(c(=O)[nH]1)=C(COCc1ccccc1)CCC=2. The number of aromatic amines is 1. The molecule has 1 aromatic carbocycles. The topological polar surface area (TPSA) is 72.0 Å². The smallest absolute Gasteiger partial charge is 0.259 e. The summed E-state index contributed by atoms with van der Waals surface area (Å²) in [6, 6.07) is 9.90. The molecule has 5 nitrogen and oxygen atoms in total. The van der Waals surface area contributed by atoms with Crippen molar-refractivity contribution in [1.29, 1.82) is 0 Å². The van der Waals surface area contributed by atoms with Crippen LogP contribution in [0.25, 0.3) is 11.6 Å². The van der Waals surface area contributed by atoms with E-state index in [1.807, 2.05) is 36.4 Å². The van der Waals surface area contributed by atoms with Crippen LogP contribution in [0.5, 0.6) is 0 Å². The highest BCUT2D eigenvalue weighted by molar-refractivity contribution is 5.90. The highest BCUT2D eigenvalue weighted by Crippen LogP contribution is 2.09. The zero-order valence-electron chi connectivity index (χ0n) is 13.0. The largest absolute Gasteiger partial charge is 0.372 e. The lowest BCUT2D eigenvalue weighted by Crippen LogP contribution is -2.47. The van der Waals surface area contributed by atoms with E-state index in [0.717, 1.165) is 24.0 Å². The number of rotatable bonds is 5. The minimum absolute atomic E-state index is 0.108. The quantitative estimate of drug-likeness (QED) is 0.833. The number of ether oxygens (including phenoxy) is 1. The van der Waals surface area contributed by atoms with Crippen molar-refractivity contribution in [3.8, 4) is 0 Å². The molecular weight excluding hydrogens is 292 g/mol. The Balaban J connectivity index is 1.88. The van der Waals surface area contributed by atoms with Gasteiger partial charge in [0.05, 0.1) is 23.8 Å². The maximum Gasteiger partial charge on any atom is 0.259 e. The van der Waals surface area contributed by atoms with Gasteiger partial charge >= 0.3 is 0 Å². The molecule has 0 fully saturated rings. The summed E-state index contributed by atoms with van der Waals surface area (Å²) in [6.07, 6.45) is 3.47. The number of hydrogen-bond donors (Lipinski definition) is 1. The number of aromatic nitrogens is 2. The lowest BCUT2D eigenvalue weighted by molar-refractivity contribution is 0.100. The molecule has 0 saturated heterocycles. The van der Waals surface area contributed by atoms with E-state index in [9.17, 15) is 9.59 Å². The molecule has 2 aromatic rings. The molecule has 1 heterocycles. The Morgan fingerprint density at radius 1 is 1.26 bits per heavy atom. The molecule has 118 valence electrons. The molecule has 0 atom stereocenters. The Kier molecular flexibility index (Phi) is 4.48. The van der Waals surface area contributed by atoms with E-state index in [1.165, 1.54) is 6.92 Å². The molecule has 23 heavy (non-hydrogen) atoms. The second kappa shape index (κ2) is 6.71. The number of carbonyl (C=O) groups excluding carboxylic acids is 1. The van der Waals surface area contributed by atoms with Crippen LogP contribution in [0.4, 0.5) is 0 Å². The molecule has 0 saturated carbocycles. The van der Waals surface area contributed by atoms with Crippen molar-refractivity contribution in [3.63, 3.8) is 0 Å². The third kappa shape index (κ3) is 3.46. The third-order valence-electron chi connectivity index (χ3n) is 3.81. The van der Waals surface area contributed by atoms with Crippen molar-refractivity contribution in [2.24, 2.45) is 0 Å².